The van der Waals surface area contributed by atoms with E-state index in [9.17, 15) is 9.59 Å². The van der Waals surface area contributed by atoms with Gasteiger partial charge in [0.2, 0.25) is 11.5 Å². The van der Waals surface area contributed by atoms with Crippen molar-refractivity contribution in [3.8, 4) is 0 Å². The molecule has 0 atom stereocenters. The van der Waals surface area contributed by atoms with E-state index in [0.717, 1.165) is 18.2 Å². The maximum Gasteiger partial charge on any atom is 0.297 e. The molecule has 0 aliphatic carbocycles. The smallest absolute Gasteiger partial charge is 0.297 e. The van der Waals surface area contributed by atoms with Crippen molar-refractivity contribution >= 4 is 28.0 Å². The van der Waals surface area contributed by atoms with Gasteiger partial charge in [0, 0.05) is 11.9 Å². The number of fused-ring (bicyclic) bond motifs is 3. The third kappa shape index (κ3) is 3.02. The summed E-state index contributed by atoms with van der Waals surface area (Å²) in [6, 6.07) is 7.33. The first-order chi connectivity index (χ1) is 12.0. The van der Waals surface area contributed by atoms with Gasteiger partial charge in [-0.2, -0.15) is 0 Å². The van der Waals surface area contributed by atoms with Crippen LogP contribution >= 0.6 is 0 Å². The number of carbonyl (C=O) groups is 1. The Bertz CT molecular complexity index is 961. The topological polar surface area (TPSA) is 103 Å². The van der Waals surface area contributed by atoms with Crippen LogP contribution in [-0.2, 0) is 11.3 Å². The average molecular weight is 342 g/mol. The Morgan fingerprint density at radius 1 is 1.32 bits per heavy atom. The molecule has 1 amide bonds. The standard InChI is InChI=1S/C18H22N4O3/c1-3-18(4-2,10-19)21-14(23)9-22-11-20-15-12-7-5-6-8-13(12)25-16(15)17(22)24/h5-8,11H,3-4,9-10,19H2,1-2H3,(H,21,23). The van der Waals surface area contributed by atoms with Gasteiger partial charge in [-0.25, -0.2) is 4.98 Å². The highest BCUT2D eigenvalue weighted by molar-refractivity contribution is 6.01. The predicted molar refractivity (Wildman–Crippen MR) is 96.3 cm³/mol. The summed E-state index contributed by atoms with van der Waals surface area (Å²) < 4.78 is 6.88. The second kappa shape index (κ2) is 6.68. The summed E-state index contributed by atoms with van der Waals surface area (Å²) in [5.41, 5.74) is 6.26. The molecule has 0 spiro atoms. The highest BCUT2D eigenvalue weighted by Crippen LogP contribution is 2.24. The van der Waals surface area contributed by atoms with Crippen LogP contribution in [-0.4, -0.2) is 27.5 Å². The summed E-state index contributed by atoms with van der Waals surface area (Å²) in [6.07, 6.45) is 2.83. The van der Waals surface area contributed by atoms with Crippen molar-refractivity contribution in [2.45, 2.75) is 38.8 Å². The van der Waals surface area contributed by atoms with Crippen molar-refractivity contribution in [1.82, 2.24) is 14.9 Å². The number of hydrogen-bond acceptors (Lipinski definition) is 5. The van der Waals surface area contributed by atoms with Crippen molar-refractivity contribution in [2.24, 2.45) is 5.73 Å². The summed E-state index contributed by atoms with van der Waals surface area (Å²) in [5.74, 6) is -0.270. The summed E-state index contributed by atoms with van der Waals surface area (Å²) in [6.45, 7) is 4.18. The lowest BCUT2D eigenvalue weighted by Crippen LogP contribution is -2.54. The maximum atomic E-state index is 12.6. The summed E-state index contributed by atoms with van der Waals surface area (Å²) in [7, 11) is 0. The van der Waals surface area contributed by atoms with E-state index in [1.165, 1.54) is 10.9 Å². The number of carbonyl (C=O) groups excluding carboxylic acids is 1. The highest BCUT2D eigenvalue weighted by atomic mass is 16.3. The molecule has 25 heavy (non-hydrogen) atoms. The third-order valence-electron chi connectivity index (χ3n) is 4.81. The minimum absolute atomic E-state index is 0.124. The summed E-state index contributed by atoms with van der Waals surface area (Å²) in [4.78, 5) is 29.3. The van der Waals surface area contributed by atoms with Crippen molar-refractivity contribution < 1.29 is 9.21 Å². The molecule has 0 aliphatic heterocycles. The minimum Gasteiger partial charge on any atom is -0.448 e. The Kier molecular flexibility index (Phi) is 4.59. The van der Waals surface area contributed by atoms with Crippen LogP contribution < -0.4 is 16.6 Å². The molecular formula is C18H22N4O3. The molecule has 0 saturated carbocycles. The van der Waals surface area contributed by atoms with Crippen molar-refractivity contribution in [2.75, 3.05) is 6.54 Å². The molecular weight excluding hydrogens is 320 g/mol. The first-order valence-electron chi connectivity index (χ1n) is 8.41. The number of rotatable bonds is 6. The van der Waals surface area contributed by atoms with Crippen LogP contribution in [0.25, 0.3) is 22.1 Å². The molecule has 0 radical (unpaired) electrons. The van der Waals surface area contributed by atoms with Gasteiger partial charge in [-0.15, -0.1) is 0 Å². The largest absolute Gasteiger partial charge is 0.448 e. The molecule has 3 N–H and O–H groups in total. The Morgan fingerprint density at radius 3 is 2.72 bits per heavy atom. The number of aromatic nitrogens is 2. The van der Waals surface area contributed by atoms with Gasteiger partial charge in [0.05, 0.1) is 11.9 Å². The molecule has 3 aromatic rings. The number of nitrogens with one attached hydrogen (secondary N) is 1. The van der Waals surface area contributed by atoms with E-state index in [2.05, 4.69) is 10.3 Å². The molecule has 3 rings (SSSR count). The number of benzene rings is 1. The van der Waals surface area contributed by atoms with Crippen LogP contribution in [0.4, 0.5) is 0 Å². The normalized spacial score (nSPS) is 12.0. The lowest BCUT2D eigenvalue weighted by Gasteiger charge is -2.31. The van der Waals surface area contributed by atoms with Gasteiger partial charge in [0.15, 0.2) is 0 Å². The monoisotopic (exact) mass is 342 g/mol. The van der Waals surface area contributed by atoms with E-state index < -0.39 is 5.54 Å². The molecule has 2 aromatic heterocycles. The van der Waals surface area contributed by atoms with Crippen LogP contribution in [0.15, 0.2) is 39.8 Å². The first-order valence-corrected chi connectivity index (χ1v) is 8.41. The van der Waals surface area contributed by atoms with Gasteiger partial charge >= 0.3 is 0 Å². The Balaban J connectivity index is 1.92. The zero-order chi connectivity index (χ0) is 18.0. The Hall–Kier alpha value is -2.67. The van der Waals surface area contributed by atoms with Gasteiger partial charge < -0.3 is 15.5 Å². The van der Waals surface area contributed by atoms with Crippen molar-refractivity contribution in [3.05, 3.63) is 40.9 Å². The molecule has 132 valence electrons. The van der Waals surface area contributed by atoms with Crippen LogP contribution in [0.5, 0.6) is 0 Å². The molecule has 2 heterocycles. The van der Waals surface area contributed by atoms with Crippen molar-refractivity contribution in [1.29, 1.82) is 0 Å². The van der Waals surface area contributed by atoms with Gasteiger partial charge in [0.25, 0.3) is 5.56 Å². The van der Waals surface area contributed by atoms with E-state index in [-0.39, 0.29) is 23.6 Å². The predicted octanol–water partition coefficient (Wildman–Crippen LogP) is 1.78. The minimum atomic E-state index is -0.447. The number of nitrogens with zero attached hydrogens (tertiary/aromatic N) is 2. The first kappa shape index (κ1) is 17.2. The Labute approximate surface area is 144 Å². The fraction of sp³-hybridized carbons (Fsp3) is 0.389. The SMILES string of the molecule is CCC(CC)(CN)NC(=O)Cn1cnc2c(oc3ccccc32)c1=O. The number of amides is 1. The number of nitrogens with two attached hydrogens (primary N) is 1. The second-order valence-electron chi connectivity index (χ2n) is 6.19. The number of hydrogen-bond donors (Lipinski definition) is 2. The average Bonchev–Trinajstić information content (AvgIpc) is 3.02. The molecule has 0 bridgehead atoms. The zero-order valence-electron chi connectivity index (χ0n) is 14.4. The quantitative estimate of drug-likeness (QED) is 0.711. The molecule has 7 heteroatoms. The van der Waals surface area contributed by atoms with Gasteiger partial charge in [0.1, 0.15) is 17.6 Å². The van der Waals surface area contributed by atoms with Crippen LogP contribution in [0.2, 0.25) is 0 Å². The van der Waals surface area contributed by atoms with Crippen molar-refractivity contribution in [3.63, 3.8) is 0 Å². The fourth-order valence-electron chi connectivity index (χ4n) is 2.98. The lowest BCUT2D eigenvalue weighted by atomic mass is 9.93. The number of furan rings is 1. The van der Waals surface area contributed by atoms with E-state index in [1.54, 1.807) is 6.07 Å². The maximum absolute atomic E-state index is 12.6. The van der Waals surface area contributed by atoms with E-state index >= 15 is 0 Å². The molecule has 0 unspecified atom stereocenters. The molecule has 0 aliphatic rings. The van der Waals surface area contributed by atoms with Crippen LogP contribution in [0, 0.1) is 0 Å². The van der Waals surface area contributed by atoms with E-state index in [4.69, 9.17) is 10.2 Å². The van der Waals surface area contributed by atoms with Gasteiger partial charge in [-0.1, -0.05) is 26.0 Å². The van der Waals surface area contributed by atoms with Crippen LogP contribution in [0.1, 0.15) is 26.7 Å². The van der Waals surface area contributed by atoms with Gasteiger partial charge in [-0.3, -0.25) is 14.2 Å². The molecule has 7 nitrogen and oxygen atoms in total. The summed E-state index contributed by atoms with van der Waals surface area (Å²) >= 11 is 0. The molecule has 0 fully saturated rings. The second-order valence-corrected chi connectivity index (χ2v) is 6.19. The van der Waals surface area contributed by atoms with Crippen LogP contribution in [0.3, 0.4) is 0 Å². The fourth-order valence-corrected chi connectivity index (χ4v) is 2.98. The lowest BCUT2D eigenvalue weighted by molar-refractivity contribution is -0.123. The molecule has 1 aromatic carbocycles. The van der Waals surface area contributed by atoms with E-state index in [0.29, 0.717) is 17.6 Å². The van der Waals surface area contributed by atoms with Gasteiger partial charge in [-0.05, 0) is 25.0 Å². The van der Waals surface area contributed by atoms with E-state index in [1.807, 2.05) is 32.0 Å². The number of para-hydroxylation sites is 1. The molecule has 0 saturated heterocycles. The zero-order valence-corrected chi connectivity index (χ0v) is 14.4. The third-order valence-corrected chi connectivity index (χ3v) is 4.81. The summed E-state index contributed by atoms with van der Waals surface area (Å²) in [5, 5.41) is 3.73. The Morgan fingerprint density at radius 2 is 2.04 bits per heavy atom. The highest BCUT2D eigenvalue weighted by Gasteiger charge is 2.26.